The van der Waals surface area contributed by atoms with Crippen LogP contribution in [0.1, 0.15) is 18.9 Å². The third-order valence-electron chi connectivity index (χ3n) is 3.37. The van der Waals surface area contributed by atoms with Crippen LogP contribution in [0.3, 0.4) is 0 Å². The van der Waals surface area contributed by atoms with Crippen LogP contribution in [0.15, 0.2) is 29.3 Å². The quantitative estimate of drug-likeness (QED) is 0.647. The van der Waals surface area contributed by atoms with Gasteiger partial charge in [-0.25, -0.2) is 4.39 Å². The van der Waals surface area contributed by atoms with E-state index in [1.54, 1.807) is 12.1 Å². The summed E-state index contributed by atoms with van der Waals surface area (Å²) in [5.74, 6) is 0.641. The average Bonchev–Trinajstić information content (AvgIpc) is 2.86. The lowest BCUT2D eigenvalue weighted by atomic mass is 10.1. The highest BCUT2D eigenvalue weighted by Gasteiger charge is 2.22. The molecule has 0 bridgehead atoms. The maximum absolute atomic E-state index is 12.8. The zero-order valence-electron chi connectivity index (χ0n) is 11.8. The number of halogens is 1. The molecule has 1 fully saturated rings. The lowest BCUT2D eigenvalue weighted by Crippen LogP contribution is -2.40. The Hall–Kier alpha value is -1.62. The standard InChI is InChI=1S/C15H22FN3O/c1-2-17-15(19-10-8-14(20)11-19)18-9-7-12-3-5-13(16)6-4-12/h3-6,14,20H,2,7-11H2,1H3,(H,17,18)/t14-/m1/s1. The molecular formula is C15H22FN3O. The molecule has 1 aromatic rings. The first kappa shape index (κ1) is 14.8. The first-order valence-corrected chi connectivity index (χ1v) is 7.15. The summed E-state index contributed by atoms with van der Waals surface area (Å²) in [5, 5.41) is 12.8. The molecule has 2 N–H and O–H groups in total. The minimum absolute atomic E-state index is 0.211. The maximum Gasteiger partial charge on any atom is 0.194 e. The molecule has 0 aromatic heterocycles. The van der Waals surface area contributed by atoms with E-state index in [2.05, 4.69) is 15.2 Å². The van der Waals surface area contributed by atoms with Gasteiger partial charge in [-0.2, -0.15) is 0 Å². The van der Waals surface area contributed by atoms with Crippen LogP contribution >= 0.6 is 0 Å². The fourth-order valence-electron chi connectivity index (χ4n) is 2.30. The monoisotopic (exact) mass is 279 g/mol. The number of aliphatic hydroxyl groups is 1. The highest BCUT2D eigenvalue weighted by atomic mass is 19.1. The van der Waals surface area contributed by atoms with Crippen LogP contribution in [0.5, 0.6) is 0 Å². The second kappa shape index (κ2) is 7.24. The zero-order valence-corrected chi connectivity index (χ0v) is 11.8. The fourth-order valence-corrected chi connectivity index (χ4v) is 2.30. The highest BCUT2D eigenvalue weighted by molar-refractivity contribution is 5.80. The van der Waals surface area contributed by atoms with Crippen molar-refractivity contribution in [3.05, 3.63) is 35.6 Å². The number of likely N-dealkylation sites (tertiary alicyclic amines) is 1. The normalized spacial score (nSPS) is 19.4. The van der Waals surface area contributed by atoms with Gasteiger partial charge >= 0.3 is 0 Å². The summed E-state index contributed by atoms with van der Waals surface area (Å²) in [7, 11) is 0. The Morgan fingerprint density at radius 3 is 2.80 bits per heavy atom. The lowest BCUT2D eigenvalue weighted by molar-refractivity contribution is 0.188. The third kappa shape index (κ3) is 4.20. The number of nitrogens with zero attached hydrogens (tertiary/aromatic N) is 2. The van der Waals surface area contributed by atoms with Gasteiger partial charge in [0.1, 0.15) is 5.82 Å². The van der Waals surface area contributed by atoms with Gasteiger partial charge in [-0.3, -0.25) is 4.99 Å². The van der Waals surface area contributed by atoms with E-state index < -0.39 is 0 Å². The topological polar surface area (TPSA) is 47.9 Å². The minimum atomic E-state index is -0.254. The smallest absolute Gasteiger partial charge is 0.194 e. The SMILES string of the molecule is CCNC(=NCCc1ccc(F)cc1)N1CC[C@@H](O)C1. The van der Waals surface area contributed by atoms with Crippen LogP contribution in [-0.4, -0.2) is 48.2 Å². The van der Waals surface area contributed by atoms with Gasteiger partial charge in [0.25, 0.3) is 0 Å². The first-order valence-electron chi connectivity index (χ1n) is 7.15. The Morgan fingerprint density at radius 2 is 2.20 bits per heavy atom. The Labute approximate surface area is 119 Å². The molecule has 1 aromatic carbocycles. The van der Waals surface area contributed by atoms with Crippen molar-refractivity contribution in [2.45, 2.75) is 25.9 Å². The summed E-state index contributed by atoms with van der Waals surface area (Å²) >= 11 is 0. The summed E-state index contributed by atoms with van der Waals surface area (Å²) in [6.45, 7) is 4.97. The van der Waals surface area contributed by atoms with E-state index in [1.807, 2.05) is 6.92 Å². The number of aliphatic hydroxyl groups excluding tert-OH is 1. The molecule has 2 rings (SSSR count). The number of aliphatic imine (C=N–C) groups is 1. The van der Waals surface area contributed by atoms with E-state index in [-0.39, 0.29) is 11.9 Å². The van der Waals surface area contributed by atoms with Gasteiger partial charge in [0, 0.05) is 26.2 Å². The third-order valence-corrected chi connectivity index (χ3v) is 3.37. The Morgan fingerprint density at radius 1 is 1.45 bits per heavy atom. The van der Waals surface area contributed by atoms with E-state index in [9.17, 15) is 9.50 Å². The van der Waals surface area contributed by atoms with Gasteiger partial charge in [-0.05, 0) is 37.5 Å². The number of hydrogen-bond donors (Lipinski definition) is 2. The van der Waals surface area contributed by atoms with Crippen molar-refractivity contribution >= 4 is 5.96 Å². The van der Waals surface area contributed by atoms with Gasteiger partial charge in [0.15, 0.2) is 5.96 Å². The summed E-state index contributed by atoms with van der Waals surface area (Å²) in [6.07, 6.45) is 1.32. The first-order chi connectivity index (χ1) is 9.69. The Kier molecular flexibility index (Phi) is 5.35. The molecule has 1 heterocycles. The second-order valence-corrected chi connectivity index (χ2v) is 5.00. The van der Waals surface area contributed by atoms with Gasteiger partial charge < -0.3 is 15.3 Å². The second-order valence-electron chi connectivity index (χ2n) is 5.00. The fraction of sp³-hybridized carbons (Fsp3) is 0.533. The number of nitrogens with one attached hydrogen (secondary N) is 1. The predicted molar refractivity (Wildman–Crippen MR) is 78.3 cm³/mol. The van der Waals surface area contributed by atoms with Gasteiger partial charge in [-0.15, -0.1) is 0 Å². The minimum Gasteiger partial charge on any atom is -0.391 e. The van der Waals surface area contributed by atoms with Crippen LogP contribution in [0.4, 0.5) is 4.39 Å². The van der Waals surface area contributed by atoms with Crippen molar-refractivity contribution in [3.8, 4) is 0 Å². The number of benzene rings is 1. The van der Waals surface area contributed by atoms with E-state index in [1.165, 1.54) is 12.1 Å². The molecular weight excluding hydrogens is 257 g/mol. The van der Waals surface area contributed by atoms with Crippen LogP contribution in [0, 0.1) is 5.82 Å². The molecule has 0 saturated carbocycles. The van der Waals surface area contributed by atoms with Crippen LogP contribution in [0.2, 0.25) is 0 Å². The van der Waals surface area contributed by atoms with E-state index in [4.69, 9.17) is 0 Å². The molecule has 0 unspecified atom stereocenters. The lowest BCUT2D eigenvalue weighted by Gasteiger charge is -2.20. The van der Waals surface area contributed by atoms with Crippen molar-refractivity contribution in [1.29, 1.82) is 0 Å². The van der Waals surface area contributed by atoms with Gasteiger partial charge in [-0.1, -0.05) is 12.1 Å². The number of β-amino-alcohol motifs (C(OH)–C–C–N with tert-alkyl or cyclic N) is 1. The molecule has 5 heteroatoms. The summed E-state index contributed by atoms with van der Waals surface area (Å²) < 4.78 is 12.8. The molecule has 1 aliphatic heterocycles. The Bertz CT molecular complexity index is 447. The number of rotatable bonds is 4. The number of guanidine groups is 1. The maximum atomic E-state index is 12.8. The Balaban J connectivity index is 1.90. The van der Waals surface area contributed by atoms with Crippen molar-refractivity contribution in [2.75, 3.05) is 26.2 Å². The molecule has 4 nitrogen and oxygen atoms in total. The summed E-state index contributed by atoms with van der Waals surface area (Å²) in [5.41, 5.74) is 1.08. The van der Waals surface area contributed by atoms with Crippen molar-refractivity contribution in [2.24, 2.45) is 4.99 Å². The van der Waals surface area contributed by atoms with Crippen LogP contribution in [0.25, 0.3) is 0 Å². The van der Waals surface area contributed by atoms with E-state index >= 15 is 0 Å². The summed E-state index contributed by atoms with van der Waals surface area (Å²) in [4.78, 5) is 6.66. The molecule has 0 radical (unpaired) electrons. The molecule has 0 amide bonds. The summed E-state index contributed by atoms with van der Waals surface area (Å²) in [6, 6.07) is 6.52. The van der Waals surface area contributed by atoms with E-state index in [0.29, 0.717) is 13.1 Å². The largest absolute Gasteiger partial charge is 0.391 e. The number of hydrogen-bond acceptors (Lipinski definition) is 2. The average molecular weight is 279 g/mol. The van der Waals surface area contributed by atoms with Gasteiger partial charge in [0.05, 0.1) is 6.10 Å². The highest BCUT2D eigenvalue weighted by Crippen LogP contribution is 2.09. The van der Waals surface area contributed by atoms with Crippen molar-refractivity contribution < 1.29 is 9.50 Å². The molecule has 0 spiro atoms. The van der Waals surface area contributed by atoms with Gasteiger partial charge in [0.2, 0.25) is 0 Å². The van der Waals surface area contributed by atoms with Crippen LogP contribution < -0.4 is 5.32 Å². The molecule has 1 aliphatic rings. The molecule has 1 saturated heterocycles. The molecule has 110 valence electrons. The van der Waals surface area contributed by atoms with Crippen molar-refractivity contribution in [1.82, 2.24) is 10.2 Å². The molecule has 20 heavy (non-hydrogen) atoms. The predicted octanol–water partition coefficient (Wildman–Crippen LogP) is 1.40. The van der Waals surface area contributed by atoms with E-state index in [0.717, 1.165) is 37.5 Å². The molecule has 0 aliphatic carbocycles. The van der Waals surface area contributed by atoms with Crippen molar-refractivity contribution in [3.63, 3.8) is 0 Å². The van der Waals surface area contributed by atoms with Crippen LogP contribution in [-0.2, 0) is 6.42 Å². The zero-order chi connectivity index (χ0) is 14.4. The molecule has 1 atom stereocenters.